The summed E-state index contributed by atoms with van der Waals surface area (Å²) in [7, 11) is -3.70. The Labute approximate surface area is 171 Å². The van der Waals surface area contributed by atoms with E-state index in [0.29, 0.717) is 18.1 Å². The largest absolute Gasteiger partial charge is 0.493 e. The molecule has 0 saturated carbocycles. The normalized spacial score (nSPS) is 11.6. The standard InChI is InChI=1S/C19H17N5O3S2/c20-29(25,26)16-8-6-15(7-9-16)27-10-11-28-19-17-12-23-24(18(17)21-13-22-19)14-4-2-1-3-5-14/h1-9,12-13H,10-11H2,(H2,20,25,26). The van der Waals surface area contributed by atoms with E-state index in [9.17, 15) is 8.42 Å². The van der Waals surface area contributed by atoms with Crippen molar-refractivity contribution in [3.63, 3.8) is 0 Å². The van der Waals surface area contributed by atoms with Gasteiger partial charge in [0.15, 0.2) is 5.65 Å². The van der Waals surface area contributed by atoms with Gasteiger partial charge in [0.25, 0.3) is 0 Å². The minimum atomic E-state index is -3.70. The van der Waals surface area contributed by atoms with E-state index in [0.717, 1.165) is 21.7 Å². The third kappa shape index (κ3) is 4.39. The fourth-order valence-corrected chi connectivity index (χ4v) is 4.02. The Morgan fingerprint density at radius 2 is 1.79 bits per heavy atom. The third-order valence-electron chi connectivity index (χ3n) is 4.07. The van der Waals surface area contributed by atoms with Gasteiger partial charge in [-0.25, -0.2) is 28.2 Å². The monoisotopic (exact) mass is 427 g/mol. The number of thioether (sulfide) groups is 1. The molecule has 0 atom stereocenters. The average Bonchev–Trinajstić information content (AvgIpc) is 3.16. The molecule has 8 nitrogen and oxygen atoms in total. The smallest absolute Gasteiger partial charge is 0.238 e. The number of nitrogens with zero attached hydrogens (tertiary/aromatic N) is 4. The van der Waals surface area contributed by atoms with E-state index in [2.05, 4.69) is 15.1 Å². The Morgan fingerprint density at radius 1 is 1.03 bits per heavy atom. The summed E-state index contributed by atoms with van der Waals surface area (Å²) in [5, 5.41) is 11.2. The van der Waals surface area contributed by atoms with E-state index < -0.39 is 10.0 Å². The zero-order valence-electron chi connectivity index (χ0n) is 15.2. The van der Waals surface area contributed by atoms with Crippen LogP contribution in [0.5, 0.6) is 5.75 Å². The SMILES string of the molecule is NS(=O)(=O)c1ccc(OCCSc2ncnc3c2cnn3-c2ccccc2)cc1. The minimum absolute atomic E-state index is 0.0537. The Kier molecular flexibility index (Phi) is 5.47. The van der Waals surface area contributed by atoms with Crippen LogP contribution in [-0.2, 0) is 10.0 Å². The Hall–Kier alpha value is -2.95. The van der Waals surface area contributed by atoms with Crippen molar-refractivity contribution in [3.05, 3.63) is 67.1 Å². The minimum Gasteiger partial charge on any atom is -0.493 e. The van der Waals surface area contributed by atoms with Gasteiger partial charge in [-0.2, -0.15) is 5.10 Å². The number of rotatable bonds is 7. The summed E-state index contributed by atoms with van der Waals surface area (Å²) < 4.78 is 30.0. The predicted octanol–water partition coefficient (Wildman–Crippen LogP) is 2.63. The number of para-hydroxylation sites is 1. The molecule has 2 aromatic carbocycles. The summed E-state index contributed by atoms with van der Waals surface area (Å²) in [6.45, 7) is 0.428. The molecular formula is C19H17N5O3S2. The van der Waals surface area contributed by atoms with Crippen LogP contribution >= 0.6 is 11.8 Å². The summed E-state index contributed by atoms with van der Waals surface area (Å²) in [5.74, 6) is 1.22. The lowest BCUT2D eigenvalue weighted by molar-refractivity contribution is 0.343. The summed E-state index contributed by atoms with van der Waals surface area (Å²) in [6.07, 6.45) is 3.29. The van der Waals surface area contributed by atoms with Crippen molar-refractivity contribution in [1.82, 2.24) is 19.7 Å². The van der Waals surface area contributed by atoms with Gasteiger partial charge in [0.2, 0.25) is 10.0 Å². The highest BCUT2D eigenvalue weighted by Crippen LogP contribution is 2.26. The second-order valence-corrected chi connectivity index (χ2v) is 8.67. The zero-order valence-corrected chi connectivity index (χ0v) is 16.8. The molecular weight excluding hydrogens is 410 g/mol. The number of sulfonamides is 1. The predicted molar refractivity (Wildman–Crippen MR) is 111 cm³/mol. The van der Waals surface area contributed by atoms with Gasteiger partial charge in [0, 0.05) is 5.75 Å². The number of aromatic nitrogens is 4. The van der Waals surface area contributed by atoms with Crippen molar-refractivity contribution in [2.45, 2.75) is 9.92 Å². The number of primary sulfonamides is 1. The van der Waals surface area contributed by atoms with Gasteiger partial charge in [-0.15, -0.1) is 11.8 Å². The molecule has 0 unspecified atom stereocenters. The number of nitrogens with two attached hydrogens (primary N) is 1. The van der Waals surface area contributed by atoms with Crippen LogP contribution in [0.15, 0.2) is 77.0 Å². The lowest BCUT2D eigenvalue weighted by atomic mass is 10.3. The Morgan fingerprint density at radius 3 is 2.52 bits per heavy atom. The molecule has 2 N–H and O–H groups in total. The van der Waals surface area contributed by atoms with Crippen LogP contribution in [0.3, 0.4) is 0 Å². The number of ether oxygens (including phenoxy) is 1. The molecule has 0 aliphatic heterocycles. The molecule has 0 saturated heterocycles. The molecule has 0 spiro atoms. The zero-order chi connectivity index (χ0) is 20.3. The lowest BCUT2D eigenvalue weighted by Gasteiger charge is -2.07. The van der Waals surface area contributed by atoms with Crippen molar-refractivity contribution in [3.8, 4) is 11.4 Å². The van der Waals surface area contributed by atoms with Crippen LogP contribution in [0.25, 0.3) is 16.7 Å². The highest BCUT2D eigenvalue weighted by molar-refractivity contribution is 7.99. The van der Waals surface area contributed by atoms with Crippen LogP contribution in [-0.4, -0.2) is 40.5 Å². The van der Waals surface area contributed by atoms with Crippen LogP contribution in [0, 0.1) is 0 Å². The molecule has 10 heteroatoms. The highest BCUT2D eigenvalue weighted by atomic mass is 32.2. The first kappa shape index (κ1) is 19.4. The maximum Gasteiger partial charge on any atom is 0.238 e. The second kappa shape index (κ2) is 8.19. The van der Waals surface area contributed by atoms with Gasteiger partial charge >= 0.3 is 0 Å². The average molecular weight is 428 g/mol. The van der Waals surface area contributed by atoms with E-state index in [4.69, 9.17) is 9.88 Å². The van der Waals surface area contributed by atoms with E-state index in [1.807, 2.05) is 30.3 Å². The molecule has 4 aromatic rings. The van der Waals surface area contributed by atoms with Crippen molar-refractivity contribution >= 4 is 32.8 Å². The molecule has 0 aliphatic carbocycles. The van der Waals surface area contributed by atoms with Crippen molar-refractivity contribution in [2.75, 3.05) is 12.4 Å². The summed E-state index contributed by atoms with van der Waals surface area (Å²) in [6, 6.07) is 15.8. The molecule has 2 aromatic heterocycles. The van der Waals surface area contributed by atoms with Crippen LogP contribution in [0.2, 0.25) is 0 Å². The number of benzene rings is 2. The highest BCUT2D eigenvalue weighted by Gasteiger charge is 2.11. The van der Waals surface area contributed by atoms with Gasteiger partial charge in [-0.3, -0.25) is 0 Å². The molecule has 0 bridgehead atoms. The summed E-state index contributed by atoms with van der Waals surface area (Å²) in [5.41, 5.74) is 1.68. The number of hydrogen-bond donors (Lipinski definition) is 1. The van der Waals surface area contributed by atoms with Crippen molar-refractivity contribution in [1.29, 1.82) is 0 Å². The fraction of sp³-hybridized carbons (Fsp3) is 0.105. The first-order valence-corrected chi connectivity index (χ1v) is 11.2. The molecule has 148 valence electrons. The number of fused-ring (bicyclic) bond motifs is 1. The van der Waals surface area contributed by atoms with E-state index in [1.165, 1.54) is 30.2 Å². The maximum absolute atomic E-state index is 11.3. The van der Waals surface area contributed by atoms with Gasteiger partial charge in [0.1, 0.15) is 17.1 Å². The first-order chi connectivity index (χ1) is 14.0. The first-order valence-electron chi connectivity index (χ1n) is 8.65. The quantitative estimate of drug-likeness (QED) is 0.274. The van der Waals surface area contributed by atoms with Gasteiger partial charge in [-0.1, -0.05) is 18.2 Å². The van der Waals surface area contributed by atoms with Gasteiger partial charge in [0.05, 0.1) is 28.8 Å². The van der Waals surface area contributed by atoms with Crippen molar-refractivity contribution in [2.24, 2.45) is 5.14 Å². The van der Waals surface area contributed by atoms with E-state index >= 15 is 0 Å². The third-order valence-corrected chi connectivity index (χ3v) is 5.97. The van der Waals surface area contributed by atoms with Crippen molar-refractivity contribution < 1.29 is 13.2 Å². The maximum atomic E-state index is 11.3. The van der Waals surface area contributed by atoms with Gasteiger partial charge < -0.3 is 4.74 Å². The van der Waals surface area contributed by atoms with Gasteiger partial charge in [-0.05, 0) is 36.4 Å². The van der Waals surface area contributed by atoms with Crippen LogP contribution < -0.4 is 9.88 Å². The van der Waals surface area contributed by atoms with E-state index in [-0.39, 0.29) is 4.90 Å². The molecule has 2 heterocycles. The molecule has 0 fully saturated rings. The summed E-state index contributed by atoms with van der Waals surface area (Å²) >= 11 is 1.54. The lowest BCUT2D eigenvalue weighted by Crippen LogP contribution is -2.11. The summed E-state index contributed by atoms with van der Waals surface area (Å²) in [4.78, 5) is 8.78. The Bertz CT molecular complexity index is 1230. The second-order valence-electron chi connectivity index (χ2n) is 6.02. The van der Waals surface area contributed by atoms with Crippen LogP contribution in [0.4, 0.5) is 0 Å². The molecule has 0 amide bonds. The molecule has 29 heavy (non-hydrogen) atoms. The van der Waals surface area contributed by atoms with E-state index in [1.54, 1.807) is 23.0 Å². The molecule has 4 rings (SSSR count). The fourth-order valence-electron chi connectivity index (χ4n) is 2.72. The topological polar surface area (TPSA) is 113 Å². The van der Waals surface area contributed by atoms with Crippen LogP contribution in [0.1, 0.15) is 0 Å². The molecule has 0 aliphatic rings. The molecule has 0 radical (unpaired) electrons. The number of hydrogen-bond acceptors (Lipinski definition) is 7. The Balaban J connectivity index is 1.41.